The normalized spacial score (nSPS) is 15.2. The molecule has 0 radical (unpaired) electrons. The van der Waals surface area contributed by atoms with Crippen LogP contribution in [-0.4, -0.2) is 26.7 Å². The molecule has 1 aromatic carbocycles. The molecule has 1 N–H and O–H groups in total. The fraction of sp³-hybridized carbons (Fsp3) is 0.211. The van der Waals surface area contributed by atoms with E-state index in [0.717, 1.165) is 11.3 Å². The average molecular weight is 380 g/mol. The minimum absolute atomic E-state index is 0.138. The summed E-state index contributed by atoms with van der Waals surface area (Å²) in [4.78, 5) is 34.3. The van der Waals surface area contributed by atoms with Crippen LogP contribution in [0.3, 0.4) is 0 Å². The minimum atomic E-state index is -0.584. The van der Waals surface area contributed by atoms with Crippen LogP contribution in [0.5, 0.6) is 0 Å². The topological polar surface area (TPSA) is 82.8 Å². The van der Waals surface area contributed by atoms with E-state index < -0.39 is 6.17 Å². The molecule has 3 heterocycles. The first-order valence-corrected chi connectivity index (χ1v) is 9.58. The number of pyridine rings is 1. The van der Waals surface area contributed by atoms with Crippen LogP contribution >= 0.6 is 11.8 Å². The van der Waals surface area contributed by atoms with Crippen LogP contribution in [0, 0.1) is 0 Å². The summed E-state index contributed by atoms with van der Waals surface area (Å²) in [6.45, 7) is 3.51. The Balaban J connectivity index is 2.07. The molecule has 7 nitrogen and oxygen atoms in total. The lowest BCUT2D eigenvalue weighted by Gasteiger charge is -2.31. The Morgan fingerprint density at radius 3 is 2.81 bits per heavy atom. The largest absolute Gasteiger partial charge is 0.325 e. The molecule has 1 aliphatic heterocycles. The summed E-state index contributed by atoms with van der Waals surface area (Å²) in [6.07, 6.45) is 2.79. The summed E-state index contributed by atoms with van der Waals surface area (Å²) in [5.74, 6) is 0.633. The highest BCUT2D eigenvalue weighted by Gasteiger charge is 2.44. The van der Waals surface area contributed by atoms with Gasteiger partial charge in [-0.3, -0.25) is 19.6 Å². The monoisotopic (exact) mass is 380 g/mol. The lowest BCUT2D eigenvalue weighted by molar-refractivity contribution is -0.763. The third-order valence-electron chi connectivity index (χ3n) is 4.36. The fourth-order valence-electron chi connectivity index (χ4n) is 3.34. The van der Waals surface area contributed by atoms with E-state index >= 15 is 0 Å². The number of H-pyrrole nitrogens is 1. The quantitative estimate of drug-likeness (QED) is 0.556. The lowest BCUT2D eigenvalue weighted by atomic mass is 10.0. The number of anilines is 1. The van der Waals surface area contributed by atoms with Gasteiger partial charge in [-0.15, -0.1) is 0 Å². The van der Waals surface area contributed by atoms with Gasteiger partial charge in [0, 0.05) is 24.4 Å². The third kappa shape index (κ3) is 2.91. The number of nitrogens with zero attached hydrogens (tertiary/aromatic N) is 4. The Hall–Kier alpha value is -3.00. The number of fused-ring (bicyclic) bond motifs is 3. The molecule has 0 fully saturated rings. The van der Waals surface area contributed by atoms with Gasteiger partial charge in [-0.1, -0.05) is 30.8 Å². The number of para-hydroxylation sites is 1. The maximum atomic E-state index is 12.9. The number of hydrogen-bond donors (Lipinski definition) is 1. The molecule has 0 spiro atoms. The van der Waals surface area contributed by atoms with Gasteiger partial charge in [-0.2, -0.15) is 0 Å². The van der Waals surface area contributed by atoms with Crippen LogP contribution in [0.1, 0.15) is 25.6 Å². The number of hydrogen-bond acceptors (Lipinski definition) is 5. The van der Waals surface area contributed by atoms with Gasteiger partial charge in [0.25, 0.3) is 6.17 Å². The van der Waals surface area contributed by atoms with Crippen molar-refractivity contribution in [3.8, 4) is 11.3 Å². The Labute approximate surface area is 160 Å². The number of carbonyl (C=O) groups excluding carboxylic acids is 1. The van der Waals surface area contributed by atoms with Crippen LogP contribution in [0.25, 0.3) is 11.3 Å². The highest BCUT2D eigenvalue weighted by atomic mass is 32.2. The molecule has 1 atom stereocenters. The van der Waals surface area contributed by atoms with Gasteiger partial charge in [0.15, 0.2) is 0 Å². The maximum absolute atomic E-state index is 12.9. The first kappa shape index (κ1) is 17.4. The van der Waals surface area contributed by atoms with E-state index in [4.69, 9.17) is 0 Å². The molecule has 1 aliphatic rings. The molecule has 2 aromatic heterocycles. The van der Waals surface area contributed by atoms with Crippen molar-refractivity contribution in [1.29, 1.82) is 0 Å². The molecule has 0 aliphatic carbocycles. The van der Waals surface area contributed by atoms with Gasteiger partial charge < -0.3 is 0 Å². The summed E-state index contributed by atoms with van der Waals surface area (Å²) in [5.41, 5.74) is 2.33. The van der Waals surface area contributed by atoms with Gasteiger partial charge in [-0.25, -0.2) is 4.90 Å². The summed E-state index contributed by atoms with van der Waals surface area (Å²) in [5, 5.41) is 5.17. The molecule has 0 saturated carbocycles. The number of carbonyl (C=O) groups is 1. The molecule has 3 aromatic rings. The van der Waals surface area contributed by atoms with Crippen molar-refractivity contribution in [2.75, 3.05) is 10.7 Å². The van der Waals surface area contributed by atoms with E-state index in [-0.39, 0.29) is 11.5 Å². The maximum Gasteiger partial charge on any atom is 0.325 e. The predicted molar refractivity (Wildman–Crippen MR) is 102 cm³/mol. The molecule has 4 rings (SSSR count). The molecule has 0 saturated heterocycles. The Bertz CT molecular complexity index is 1070. The molecule has 0 bridgehead atoms. The number of rotatable bonds is 3. The molecule has 1 amide bonds. The summed E-state index contributed by atoms with van der Waals surface area (Å²) >= 11 is 1.44. The number of aromatic nitrogens is 4. The predicted octanol–water partition coefficient (Wildman–Crippen LogP) is 2.14. The highest BCUT2D eigenvalue weighted by molar-refractivity contribution is 7.99. The summed E-state index contributed by atoms with van der Waals surface area (Å²) in [7, 11) is 0. The number of nitrogens with one attached hydrogen (secondary N) is 1. The molecule has 136 valence electrons. The Kier molecular flexibility index (Phi) is 4.49. The lowest BCUT2D eigenvalue weighted by Crippen LogP contribution is -2.60. The van der Waals surface area contributed by atoms with Crippen molar-refractivity contribution in [2.24, 2.45) is 0 Å². The zero-order valence-electron chi connectivity index (χ0n) is 14.9. The fourth-order valence-corrected chi connectivity index (χ4v) is 3.93. The molecular weight excluding hydrogens is 362 g/mol. The van der Waals surface area contributed by atoms with Gasteiger partial charge in [0.1, 0.15) is 0 Å². The second-order valence-corrected chi connectivity index (χ2v) is 7.30. The second kappa shape index (κ2) is 6.96. The van der Waals surface area contributed by atoms with Crippen molar-refractivity contribution < 1.29 is 9.48 Å². The van der Waals surface area contributed by atoms with Gasteiger partial charge >= 0.3 is 11.3 Å². The van der Waals surface area contributed by atoms with E-state index in [9.17, 15) is 9.59 Å². The second-order valence-electron chi connectivity index (χ2n) is 6.05. The molecule has 0 unspecified atom stereocenters. The van der Waals surface area contributed by atoms with E-state index in [1.165, 1.54) is 18.7 Å². The number of benzene rings is 1. The van der Waals surface area contributed by atoms with Crippen molar-refractivity contribution in [3.05, 3.63) is 64.7 Å². The molecular formula is C19H18N5O2S+. The van der Waals surface area contributed by atoms with Gasteiger partial charge in [0.05, 0.1) is 16.8 Å². The standard InChI is InChI=1S/C19H17N5O2S/c1-3-27-19-21-17(26)16-14-8-4-5-9-15(14)23(12(2)25)18(24(16)22-19)13-7-6-10-20-11-13/h4-11,18H,3H2,1-2H3/p+1/t18-/m0/s1. The van der Waals surface area contributed by atoms with E-state index in [2.05, 4.69) is 15.1 Å². The SMILES string of the molecule is CCSc1n[n+]2c(c(=O)[nH]1)-c1ccccc1N(C(C)=O)[C@@H]2c1cccnc1. The van der Waals surface area contributed by atoms with Crippen LogP contribution in [0.2, 0.25) is 0 Å². The van der Waals surface area contributed by atoms with Crippen LogP contribution < -0.4 is 15.1 Å². The Morgan fingerprint density at radius 1 is 1.30 bits per heavy atom. The number of thioether (sulfide) groups is 1. The first-order chi connectivity index (χ1) is 13.1. The molecule has 27 heavy (non-hydrogen) atoms. The zero-order chi connectivity index (χ0) is 19.0. The van der Waals surface area contributed by atoms with Crippen LogP contribution in [0.15, 0.2) is 58.7 Å². The highest BCUT2D eigenvalue weighted by Crippen LogP contribution is 2.36. The first-order valence-electron chi connectivity index (χ1n) is 8.60. The van der Waals surface area contributed by atoms with Crippen molar-refractivity contribution in [2.45, 2.75) is 25.2 Å². The number of aromatic amines is 1. The van der Waals surface area contributed by atoms with Gasteiger partial charge in [0.2, 0.25) is 11.1 Å². The molecule has 8 heteroatoms. The smallest absolute Gasteiger partial charge is 0.291 e. The van der Waals surface area contributed by atoms with Gasteiger partial charge in [-0.05, 0) is 34.7 Å². The zero-order valence-corrected chi connectivity index (χ0v) is 15.7. The third-order valence-corrected chi connectivity index (χ3v) is 5.11. The summed E-state index contributed by atoms with van der Waals surface area (Å²) < 4.78 is 1.64. The van der Waals surface area contributed by atoms with Crippen LogP contribution in [-0.2, 0) is 4.79 Å². The van der Waals surface area contributed by atoms with E-state index in [1.807, 2.05) is 43.3 Å². The van der Waals surface area contributed by atoms with Crippen molar-refractivity contribution >= 4 is 23.4 Å². The van der Waals surface area contributed by atoms with E-state index in [1.54, 1.807) is 22.0 Å². The van der Waals surface area contributed by atoms with Crippen molar-refractivity contribution in [3.63, 3.8) is 0 Å². The van der Waals surface area contributed by atoms with Crippen LogP contribution in [0.4, 0.5) is 5.69 Å². The van der Waals surface area contributed by atoms with E-state index in [0.29, 0.717) is 22.1 Å². The number of amides is 1. The van der Waals surface area contributed by atoms with Crippen molar-refractivity contribution in [1.82, 2.24) is 15.1 Å². The Morgan fingerprint density at radius 2 is 2.11 bits per heavy atom. The summed E-state index contributed by atoms with van der Waals surface area (Å²) in [6, 6.07) is 11.1. The average Bonchev–Trinajstić information content (AvgIpc) is 2.67. The minimum Gasteiger partial charge on any atom is -0.291 e.